The van der Waals surface area contributed by atoms with E-state index >= 15 is 0 Å². The summed E-state index contributed by atoms with van der Waals surface area (Å²) in [6.45, 7) is 0.503. The van der Waals surface area contributed by atoms with Gasteiger partial charge >= 0.3 is 0 Å². The van der Waals surface area contributed by atoms with E-state index in [-0.39, 0.29) is 6.04 Å². The van der Waals surface area contributed by atoms with Crippen LogP contribution in [0, 0.1) is 0 Å². The molecule has 2 rings (SSSR count). The van der Waals surface area contributed by atoms with Crippen LogP contribution in [-0.2, 0) is 0 Å². The summed E-state index contributed by atoms with van der Waals surface area (Å²) in [6, 6.07) is 3.52. The maximum atomic E-state index is 5.69. The van der Waals surface area contributed by atoms with Crippen molar-refractivity contribution in [3.63, 3.8) is 0 Å². The third-order valence-electron chi connectivity index (χ3n) is 1.65. The van der Waals surface area contributed by atoms with Crippen LogP contribution in [0.3, 0.4) is 0 Å². The summed E-state index contributed by atoms with van der Waals surface area (Å²) in [6.07, 6.45) is 0. The molecule has 2 heterocycles. The van der Waals surface area contributed by atoms with E-state index in [2.05, 4.69) is 4.98 Å². The highest BCUT2D eigenvalue weighted by molar-refractivity contribution is 6.29. The molecule has 3 nitrogen and oxygen atoms in total. The lowest BCUT2D eigenvalue weighted by atomic mass is 10.2. The first kappa shape index (κ1) is 6.88. The van der Waals surface area contributed by atoms with Crippen LogP contribution in [0.5, 0.6) is 5.88 Å². The van der Waals surface area contributed by atoms with Crippen molar-refractivity contribution < 1.29 is 4.74 Å². The summed E-state index contributed by atoms with van der Waals surface area (Å²) < 4.78 is 5.17. The third-order valence-corrected chi connectivity index (χ3v) is 1.87. The van der Waals surface area contributed by atoms with Crippen LogP contribution in [0.1, 0.15) is 11.6 Å². The van der Waals surface area contributed by atoms with Crippen molar-refractivity contribution in [1.82, 2.24) is 4.98 Å². The zero-order valence-electron chi connectivity index (χ0n) is 5.75. The predicted molar refractivity (Wildman–Crippen MR) is 41.7 cm³/mol. The van der Waals surface area contributed by atoms with E-state index in [1.807, 2.05) is 6.07 Å². The number of hydrogen-bond acceptors (Lipinski definition) is 3. The van der Waals surface area contributed by atoms with Gasteiger partial charge in [-0.2, -0.15) is 0 Å². The minimum absolute atomic E-state index is 0.0465. The van der Waals surface area contributed by atoms with E-state index in [1.165, 1.54) is 0 Å². The highest BCUT2D eigenvalue weighted by Gasteiger charge is 2.21. The van der Waals surface area contributed by atoms with Gasteiger partial charge in [-0.25, -0.2) is 4.98 Å². The predicted octanol–water partition coefficient (Wildman–Crippen LogP) is 1.13. The quantitative estimate of drug-likeness (QED) is 0.594. The molecule has 11 heavy (non-hydrogen) atoms. The summed E-state index contributed by atoms with van der Waals surface area (Å²) in [5.74, 6) is 0.574. The Hall–Kier alpha value is -0.800. The fourth-order valence-corrected chi connectivity index (χ4v) is 1.22. The highest BCUT2D eigenvalue weighted by atomic mass is 35.5. The van der Waals surface area contributed by atoms with E-state index in [1.54, 1.807) is 6.07 Å². The molecule has 2 N–H and O–H groups in total. The molecule has 0 aromatic carbocycles. The zero-order valence-corrected chi connectivity index (χ0v) is 6.51. The average molecular weight is 171 g/mol. The second-order valence-corrected chi connectivity index (χ2v) is 2.83. The van der Waals surface area contributed by atoms with Gasteiger partial charge in [-0.05, 0) is 12.1 Å². The molecule has 0 radical (unpaired) electrons. The fraction of sp³-hybridized carbons (Fsp3) is 0.286. The molecule has 0 fully saturated rings. The normalized spacial score (nSPS) is 21.1. The number of fused-ring (bicyclic) bond motifs is 1. The van der Waals surface area contributed by atoms with Crippen molar-refractivity contribution in [2.75, 3.05) is 6.61 Å². The first-order valence-corrected chi connectivity index (χ1v) is 3.70. The smallest absolute Gasteiger partial charge is 0.219 e. The lowest BCUT2D eigenvalue weighted by molar-refractivity contribution is 0.323. The SMILES string of the molecule is N[C@H]1COc2nc(Cl)ccc21. The number of halogens is 1. The lowest BCUT2D eigenvalue weighted by Crippen LogP contribution is -2.10. The zero-order chi connectivity index (χ0) is 7.84. The van der Waals surface area contributed by atoms with Gasteiger partial charge < -0.3 is 10.5 Å². The molecule has 0 saturated heterocycles. The number of nitrogens with zero attached hydrogens (tertiary/aromatic N) is 1. The van der Waals surface area contributed by atoms with Gasteiger partial charge in [-0.15, -0.1) is 0 Å². The summed E-state index contributed by atoms with van der Waals surface area (Å²) in [4.78, 5) is 3.97. The van der Waals surface area contributed by atoms with Crippen molar-refractivity contribution in [1.29, 1.82) is 0 Å². The van der Waals surface area contributed by atoms with Crippen LogP contribution >= 0.6 is 11.6 Å². The monoisotopic (exact) mass is 170 g/mol. The van der Waals surface area contributed by atoms with Gasteiger partial charge in [0.1, 0.15) is 11.8 Å². The summed E-state index contributed by atoms with van der Waals surface area (Å²) in [7, 11) is 0. The van der Waals surface area contributed by atoms with Gasteiger partial charge in [-0.3, -0.25) is 0 Å². The maximum Gasteiger partial charge on any atom is 0.219 e. The van der Waals surface area contributed by atoms with Crippen LogP contribution in [0.15, 0.2) is 12.1 Å². The molecular formula is C7H7ClN2O. The molecule has 0 aliphatic carbocycles. The van der Waals surface area contributed by atoms with Crippen LogP contribution < -0.4 is 10.5 Å². The first-order chi connectivity index (χ1) is 5.27. The van der Waals surface area contributed by atoms with Crippen molar-refractivity contribution in [3.05, 3.63) is 22.8 Å². The molecule has 1 aromatic heterocycles. The Morgan fingerprint density at radius 1 is 1.64 bits per heavy atom. The Labute approximate surface area is 69.1 Å². The number of nitrogens with two attached hydrogens (primary N) is 1. The summed E-state index contributed by atoms with van der Waals surface area (Å²) >= 11 is 5.64. The minimum Gasteiger partial charge on any atom is -0.475 e. The van der Waals surface area contributed by atoms with E-state index in [4.69, 9.17) is 22.1 Å². The first-order valence-electron chi connectivity index (χ1n) is 3.32. The molecule has 0 bridgehead atoms. The Bertz CT molecular complexity index is 290. The largest absolute Gasteiger partial charge is 0.475 e. The van der Waals surface area contributed by atoms with Gasteiger partial charge in [0.25, 0.3) is 0 Å². The number of aromatic nitrogens is 1. The van der Waals surface area contributed by atoms with E-state index < -0.39 is 0 Å². The molecule has 0 saturated carbocycles. The minimum atomic E-state index is -0.0465. The van der Waals surface area contributed by atoms with E-state index in [0.29, 0.717) is 17.6 Å². The number of ether oxygens (including phenoxy) is 1. The van der Waals surface area contributed by atoms with Gasteiger partial charge in [0.05, 0.1) is 6.04 Å². The molecule has 0 amide bonds. The molecule has 1 aliphatic rings. The molecule has 1 aromatic rings. The molecule has 4 heteroatoms. The van der Waals surface area contributed by atoms with Crippen molar-refractivity contribution in [2.24, 2.45) is 5.73 Å². The van der Waals surface area contributed by atoms with Gasteiger partial charge in [0.2, 0.25) is 5.88 Å². The second kappa shape index (κ2) is 2.36. The molecule has 0 spiro atoms. The van der Waals surface area contributed by atoms with E-state index in [0.717, 1.165) is 5.56 Å². The molecule has 1 atom stereocenters. The van der Waals surface area contributed by atoms with Gasteiger partial charge in [-0.1, -0.05) is 11.6 Å². The van der Waals surface area contributed by atoms with Crippen LogP contribution in [-0.4, -0.2) is 11.6 Å². The molecule has 58 valence electrons. The van der Waals surface area contributed by atoms with Crippen LogP contribution in [0.4, 0.5) is 0 Å². The second-order valence-electron chi connectivity index (χ2n) is 2.45. The summed E-state index contributed by atoms with van der Waals surface area (Å²) in [5, 5.41) is 0.442. The number of hydrogen-bond donors (Lipinski definition) is 1. The van der Waals surface area contributed by atoms with E-state index in [9.17, 15) is 0 Å². The van der Waals surface area contributed by atoms with Crippen molar-refractivity contribution in [2.45, 2.75) is 6.04 Å². The topological polar surface area (TPSA) is 48.1 Å². The Kier molecular flexibility index (Phi) is 1.47. The average Bonchev–Trinajstić information content (AvgIpc) is 2.32. The standard InChI is InChI=1S/C7H7ClN2O/c8-6-2-1-4-5(9)3-11-7(4)10-6/h1-2,5H,3,9H2/t5-/m0/s1. The van der Waals surface area contributed by atoms with Crippen molar-refractivity contribution in [3.8, 4) is 5.88 Å². The maximum absolute atomic E-state index is 5.69. The Morgan fingerprint density at radius 2 is 2.45 bits per heavy atom. The van der Waals surface area contributed by atoms with Crippen LogP contribution in [0.25, 0.3) is 0 Å². The van der Waals surface area contributed by atoms with Crippen molar-refractivity contribution >= 4 is 11.6 Å². The fourth-order valence-electron chi connectivity index (χ4n) is 1.08. The lowest BCUT2D eigenvalue weighted by Gasteiger charge is -1.97. The molecule has 1 aliphatic heterocycles. The Morgan fingerprint density at radius 3 is 3.27 bits per heavy atom. The number of rotatable bonds is 0. The number of pyridine rings is 1. The van der Waals surface area contributed by atoms with Crippen LogP contribution in [0.2, 0.25) is 5.15 Å². The van der Waals surface area contributed by atoms with Gasteiger partial charge in [0, 0.05) is 5.56 Å². The summed E-state index contributed by atoms with van der Waals surface area (Å²) in [5.41, 5.74) is 6.63. The molecular weight excluding hydrogens is 164 g/mol. The Balaban J connectivity index is 2.50. The highest BCUT2D eigenvalue weighted by Crippen LogP contribution is 2.29. The van der Waals surface area contributed by atoms with Gasteiger partial charge in [0.15, 0.2) is 0 Å². The molecule has 0 unspecified atom stereocenters. The third kappa shape index (κ3) is 1.06.